The lowest BCUT2D eigenvalue weighted by Gasteiger charge is -2.04. The zero-order valence-corrected chi connectivity index (χ0v) is 10.6. The first-order valence-corrected chi connectivity index (χ1v) is 6.44. The maximum absolute atomic E-state index is 12.1. The quantitative estimate of drug-likeness (QED) is 0.612. The van der Waals surface area contributed by atoms with Crippen LogP contribution in [0.4, 0.5) is 0 Å². The Balaban J connectivity index is 2.20. The predicted octanol–water partition coefficient (Wildman–Crippen LogP) is 1.96. The number of Topliss-reactive ketones (excluding diaryl/α,β-unsaturated/α-hetero) is 1. The van der Waals surface area contributed by atoms with E-state index in [1.165, 1.54) is 0 Å². The monoisotopic (exact) mass is 247 g/mol. The predicted molar refractivity (Wildman–Crippen MR) is 67.3 cm³/mol. The summed E-state index contributed by atoms with van der Waals surface area (Å²) < 4.78 is 1.60. The van der Waals surface area contributed by atoms with E-state index >= 15 is 0 Å². The Hall–Kier alpha value is -1.62. The number of aryl methyl sites for hydroxylation is 1. The number of carbonyl (C=O) groups excluding carboxylic acids is 1. The summed E-state index contributed by atoms with van der Waals surface area (Å²) in [5.41, 5.74) is 1.46. The van der Waals surface area contributed by atoms with Gasteiger partial charge in [0.2, 0.25) is 0 Å². The number of hydrogen-bond acceptors (Lipinski definition) is 4. The third-order valence-electron chi connectivity index (χ3n) is 2.40. The van der Waals surface area contributed by atoms with Crippen LogP contribution in [-0.4, -0.2) is 27.0 Å². The summed E-state index contributed by atoms with van der Waals surface area (Å²) in [5.74, 6) is 0.0791. The van der Waals surface area contributed by atoms with Crippen LogP contribution in [0, 0.1) is 0 Å². The first-order chi connectivity index (χ1) is 8.20. The van der Waals surface area contributed by atoms with Gasteiger partial charge in [-0.15, -0.1) is 16.9 Å². The Bertz CT molecular complexity index is 536. The summed E-state index contributed by atoms with van der Waals surface area (Å²) in [6.07, 6.45) is 4.03. The molecule has 0 aliphatic rings. The van der Waals surface area contributed by atoms with E-state index in [0.29, 0.717) is 12.1 Å². The van der Waals surface area contributed by atoms with Gasteiger partial charge in [0.25, 0.3) is 0 Å². The van der Waals surface area contributed by atoms with Crippen molar-refractivity contribution in [3.63, 3.8) is 0 Å². The van der Waals surface area contributed by atoms with Crippen LogP contribution in [0.3, 0.4) is 0 Å². The smallest absolute Gasteiger partial charge is 0.170 e. The molecule has 0 saturated heterocycles. The molecule has 0 amide bonds. The number of thioether (sulfide) groups is 1. The van der Waals surface area contributed by atoms with E-state index in [1.54, 1.807) is 29.7 Å². The van der Waals surface area contributed by atoms with Crippen molar-refractivity contribution in [3.05, 3.63) is 41.7 Å². The molecule has 1 heterocycles. The Kier molecular flexibility index (Phi) is 3.58. The van der Waals surface area contributed by atoms with Gasteiger partial charge in [0.1, 0.15) is 0 Å². The molecule has 17 heavy (non-hydrogen) atoms. The molecule has 2 aromatic rings. The van der Waals surface area contributed by atoms with Crippen LogP contribution >= 0.6 is 11.8 Å². The van der Waals surface area contributed by atoms with Crippen LogP contribution in [0.2, 0.25) is 0 Å². The normalized spacial score (nSPS) is 10.5. The van der Waals surface area contributed by atoms with Gasteiger partial charge in [-0.3, -0.25) is 9.48 Å². The molecule has 88 valence electrons. The molecule has 0 unspecified atom stereocenters. The number of hydrogen-bond donors (Lipinski definition) is 0. The lowest BCUT2D eigenvalue weighted by Crippen LogP contribution is -2.05. The molecule has 0 aliphatic heterocycles. The minimum atomic E-state index is 0.0791. The van der Waals surface area contributed by atoms with Crippen LogP contribution in [-0.2, 0) is 13.5 Å². The zero-order chi connectivity index (χ0) is 12.3. The lowest BCUT2D eigenvalue weighted by atomic mass is 10.1. The summed E-state index contributed by atoms with van der Waals surface area (Å²) in [7, 11) is 1.79. The SMILES string of the molecule is CSc1ccccc1C(=O)Cc1cn(C)nn1. The van der Waals surface area contributed by atoms with Crippen molar-refractivity contribution in [1.82, 2.24) is 15.0 Å². The van der Waals surface area contributed by atoms with Crippen molar-refractivity contribution < 1.29 is 4.79 Å². The molecule has 0 radical (unpaired) electrons. The summed E-state index contributed by atoms with van der Waals surface area (Å²) >= 11 is 1.58. The molecule has 0 fully saturated rings. The molecule has 1 aromatic heterocycles. The third-order valence-corrected chi connectivity index (χ3v) is 3.19. The van der Waals surface area contributed by atoms with Crippen LogP contribution in [0.5, 0.6) is 0 Å². The average Bonchev–Trinajstić information content (AvgIpc) is 2.74. The van der Waals surface area contributed by atoms with Gasteiger partial charge in [-0.2, -0.15) is 0 Å². The molecular formula is C12H13N3OS. The first-order valence-electron chi connectivity index (χ1n) is 5.22. The second kappa shape index (κ2) is 5.14. The van der Waals surface area contributed by atoms with Crippen LogP contribution in [0.1, 0.15) is 16.1 Å². The standard InChI is InChI=1S/C12H13N3OS/c1-15-8-9(13-14-15)7-11(16)10-5-3-4-6-12(10)17-2/h3-6,8H,7H2,1-2H3. The fourth-order valence-electron chi connectivity index (χ4n) is 1.61. The number of rotatable bonds is 4. The Morgan fingerprint density at radius 3 is 2.82 bits per heavy atom. The van der Waals surface area contributed by atoms with E-state index in [4.69, 9.17) is 0 Å². The van der Waals surface area contributed by atoms with E-state index in [2.05, 4.69) is 10.3 Å². The molecule has 2 rings (SSSR count). The van der Waals surface area contributed by atoms with Crippen molar-refractivity contribution >= 4 is 17.5 Å². The average molecular weight is 247 g/mol. The van der Waals surface area contributed by atoms with E-state index in [1.807, 2.05) is 30.5 Å². The first kappa shape index (κ1) is 11.9. The zero-order valence-electron chi connectivity index (χ0n) is 9.75. The van der Waals surface area contributed by atoms with Gasteiger partial charge in [-0.25, -0.2) is 0 Å². The van der Waals surface area contributed by atoms with Gasteiger partial charge in [-0.05, 0) is 12.3 Å². The molecule has 0 bridgehead atoms. The van der Waals surface area contributed by atoms with Crippen molar-refractivity contribution in [1.29, 1.82) is 0 Å². The Morgan fingerprint density at radius 1 is 1.41 bits per heavy atom. The third kappa shape index (κ3) is 2.74. The fourth-order valence-corrected chi connectivity index (χ4v) is 2.23. The molecule has 0 aliphatic carbocycles. The largest absolute Gasteiger partial charge is 0.294 e. The van der Waals surface area contributed by atoms with Gasteiger partial charge in [0.05, 0.1) is 12.1 Å². The highest BCUT2D eigenvalue weighted by Crippen LogP contribution is 2.21. The number of ketones is 1. The summed E-state index contributed by atoms with van der Waals surface area (Å²) in [5, 5.41) is 7.74. The van der Waals surface area contributed by atoms with Crippen molar-refractivity contribution in [2.45, 2.75) is 11.3 Å². The molecule has 4 nitrogen and oxygen atoms in total. The van der Waals surface area contributed by atoms with E-state index in [9.17, 15) is 4.79 Å². The second-order valence-electron chi connectivity index (χ2n) is 3.68. The number of nitrogens with zero attached hydrogens (tertiary/aromatic N) is 3. The van der Waals surface area contributed by atoms with Gasteiger partial charge < -0.3 is 0 Å². The fraction of sp³-hybridized carbons (Fsp3) is 0.250. The minimum absolute atomic E-state index is 0.0791. The molecule has 5 heteroatoms. The molecule has 0 saturated carbocycles. The molecular weight excluding hydrogens is 234 g/mol. The maximum atomic E-state index is 12.1. The van der Waals surface area contributed by atoms with Gasteiger partial charge in [-0.1, -0.05) is 23.4 Å². The molecule has 1 aromatic carbocycles. The highest BCUT2D eigenvalue weighted by molar-refractivity contribution is 7.98. The lowest BCUT2D eigenvalue weighted by molar-refractivity contribution is 0.0989. The second-order valence-corrected chi connectivity index (χ2v) is 4.53. The number of benzene rings is 1. The van der Waals surface area contributed by atoms with Gasteiger partial charge in [0.15, 0.2) is 5.78 Å². The van der Waals surface area contributed by atoms with Gasteiger partial charge in [0, 0.05) is 23.7 Å². The number of aromatic nitrogens is 3. The van der Waals surface area contributed by atoms with Crippen molar-refractivity contribution in [2.24, 2.45) is 7.05 Å². The Morgan fingerprint density at radius 2 is 2.18 bits per heavy atom. The van der Waals surface area contributed by atoms with E-state index in [0.717, 1.165) is 10.5 Å². The molecule has 0 atom stereocenters. The van der Waals surface area contributed by atoms with Crippen molar-refractivity contribution in [3.8, 4) is 0 Å². The van der Waals surface area contributed by atoms with Crippen molar-refractivity contribution in [2.75, 3.05) is 6.26 Å². The highest BCUT2D eigenvalue weighted by Gasteiger charge is 2.12. The van der Waals surface area contributed by atoms with Gasteiger partial charge >= 0.3 is 0 Å². The highest BCUT2D eigenvalue weighted by atomic mass is 32.2. The van der Waals surface area contributed by atoms with E-state index < -0.39 is 0 Å². The van der Waals surface area contributed by atoms with Crippen LogP contribution < -0.4 is 0 Å². The summed E-state index contributed by atoms with van der Waals surface area (Å²) in [4.78, 5) is 13.1. The van der Waals surface area contributed by atoms with Crippen LogP contribution in [0.15, 0.2) is 35.4 Å². The number of carbonyl (C=O) groups is 1. The van der Waals surface area contributed by atoms with E-state index in [-0.39, 0.29) is 5.78 Å². The minimum Gasteiger partial charge on any atom is -0.294 e. The Labute approximate surface area is 104 Å². The maximum Gasteiger partial charge on any atom is 0.170 e. The summed E-state index contributed by atoms with van der Waals surface area (Å²) in [6.45, 7) is 0. The topological polar surface area (TPSA) is 47.8 Å². The molecule has 0 N–H and O–H groups in total. The summed E-state index contributed by atoms with van der Waals surface area (Å²) in [6, 6.07) is 7.62. The van der Waals surface area contributed by atoms with Crippen LogP contribution in [0.25, 0.3) is 0 Å². The molecule has 0 spiro atoms.